The Balaban J connectivity index is 1.46. The first-order valence-electron chi connectivity index (χ1n) is 9.13. The minimum Gasteiger partial charge on any atom is -0.348 e. The minimum atomic E-state index is -0.424. The Hall–Kier alpha value is -2.98. The molecule has 4 heterocycles. The minimum absolute atomic E-state index is 0.216. The third-order valence-electron chi connectivity index (χ3n) is 4.75. The highest BCUT2D eigenvalue weighted by Gasteiger charge is 2.20. The lowest BCUT2D eigenvalue weighted by atomic mass is 10.3. The fourth-order valence-electron chi connectivity index (χ4n) is 3.38. The highest BCUT2D eigenvalue weighted by atomic mass is 35.5. The van der Waals surface area contributed by atoms with Gasteiger partial charge < -0.3 is 10.2 Å². The molecule has 0 saturated carbocycles. The van der Waals surface area contributed by atoms with Crippen LogP contribution in [-0.2, 0) is 11.3 Å². The molecule has 0 atom stereocenters. The molecule has 148 valence electrons. The number of hydrogen-bond acceptors (Lipinski definition) is 7. The number of fused-ring (bicyclic) bond motifs is 3. The van der Waals surface area contributed by atoms with E-state index in [9.17, 15) is 9.59 Å². The number of aromatic nitrogens is 5. The van der Waals surface area contributed by atoms with E-state index in [4.69, 9.17) is 11.6 Å². The van der Waals surface area contributed by atoms with E-state index in [1.165, 1.54) is 22.1 Å². The summed E-state index contributed by atoms with van der Waals surface area (Å²) in [6, 6.07) is 6.81. The van der Waals surface area contributed by atoms with E-state index < -0.39 is 5.69 Å². The number of nitrogens with one attached hydrogen (secondary N) is 1. The fraction of sp³-hybridized carbons (Fsp3) is 0.278. The molecule has 5 rings (SSSR count). The summed E-state index contributed by atoms with van der Waals surface area (Å²) in [7, 11) is 0. The van der Waals surface area contributed by atoms with Crippen LogP contribution in [0.25, 0.3) is 16.0 Å². The van der Waals surface area contributed by atoms with Crippen molar-refractivity contribution in [3.63, 3.8) is 0 Å². The van der Waals surface area contributed by atoms with Crippen molar-refractivity contribution in [1.82, 2.24) is 24.1 Å². The van der Waals surface area contributed by atoms with Gasteiger partial charge in [0.05, 0.1) is 0 Å². The smallest absolute Gasteiger partial charge is 0.348 e. The molecule has 0 unspecified atom stereocenters. The summed E-state index contributed by atoms with van der Waals surface area (Å²) >= 11 is 7.41. The zero-order valence-corrected chi connectivity index (χ0v) is 16.8. The van der Waals surface area contributed by atoms with Gasteiger partial charge in [-0.15, -0.1) is 5.10 Å². The van der Waals surface area contributed by atoms with Crippen LogP contribution in [0.4, 0.5) is 10.8 Å². The zero-order valence-electron chi connectivity index (χ0n) is 15.2. The first kappa shape index (κ1) is 18.1. The number of amides is 1. The monoisotopic (exact) mass is 429 g/mol. The Kier molecular flexibility index (Phi) is 4.44. The zero-order chi connectivity index (χ0) is 20.0. The van der Waals surface area contributed by atoms with Crippen LogP contribution in [0, 0.1) is 0 Å². The van der Waals surface area contributed by atoms with Crippen LogP contribution < -0.4 is 15.9 Å². The predicted octanol–water partition coefficient (Wildman–Crippen LogP) is 2.39. The lowest BCUT2D eigenvalue weighted by molar-refractivity contribution is -0.117. The highest BCUT2D eigenvalue weighted by molar-refractivity contribution is 7.22. The Bertz CT molecular complexity index is 1290. The van der Waals surface area contributed by atoms with Gasteiger partial charge in [-0.1, -0.05) is 29.0 Å². The first-order chi connectivity index (χ1) is 14.1. The standard InChI is InChI=1S/C18H16ClN7O2S/c19-11-4-3-5-12(8-11)21-13(27)9-26-18(28)25-10-20-15-14(16(25)23-26)29-17(22-15)24-6-1-2-7-24/h3-5,8,10H,1-2,6-7,9H2,(H,21,27). The molecule has 0 bridgehead atoms. The second-order valence-corrected chi connectivity index (χ2v) is 8.19. The van der Waals surface area contributed by atoms with Crippen LogP contribution in [0.3, 0.4) is 0 Å². The van der Waals surface area contributed by atoms with Crippen molar-refractivity contribution in [3.05, 3.63) is 46.1 Å². The fourth-order valence-corrected chi connectivity index (χ4v) is 4.61. The summed E-state index contributed by atoms with van der Waals surface area (Å²) in [5, 5.41) is 8.49. The van der Waals surface area contributed by atoms with Crippen LogP contribution in [0.2, 0.25) is 5.02 Å². The van der Waals surface area contributed by atoms with Crippen molar-refractivity contribution < 1.29 is 4.79 Å². The number of anilines is 2. The summed E-state index contributed by atoms with van der Waals surface area (Å²) in [5.74, 6) is -0.371. The third-order valence-corrected chi connectivity index (χ3v) is 6.08. The van der Waals surface area contributed by atoms with Crippen molar-refractivity contribution in [3.8, 4) is 0 Å². The van der Waals surface area contributed by atoms with Gasteiger partial charge in [-0.3, -0.25) is 4.79 Å². The maximum Gasteiger partial charge on any atom is 0.352 e. The van der Waals surface area contributed by atoms with E-state index in [2.05, 4.69) is 25.3 Å². The maximum atomic E-state index is 12.7. The molecule has 0 aliphatic carbocycles. The van der Waals surface area contributed by atoms with Gasteiger partial charge in [-0.05, 0) is 31.0 Å². The third kappa shape index (κ3) is 3.34. The van der Waals surface area contributed by atoms with Crippen LogP contribution in [0.15, 0.2) is 35.4 Å². The van der Waals surface area contributed by atoms with Gasteiger partial charge in [0.1, 0.15) is 17.6 Å². The Labute approximate surface area is 173 Å². The summed E-state index contributed by atoms with van der Waals surface area (Å²) in [5.41, 5.74) is 1.15. The highest BCUT2D eigenvalue weighted by Crippen LogP contribution is 2.31. The predicted molar refractivity (Wildman–Crippen MR) is 112 cm³/mol. The normalized spacial score (nSPS) is 14.2. The number of rotatable bonds is 4. The van der Waals surface area contributed by atoms with Crippen LogP contribution >= 0.6 is 22.9 Å². The van der Waals surface area contributed by atoms with E-state index in [-0.39, 0.29) is 12.5 Å². The van der Waals surface area contributed by atoms with Gasteiger partial charge in [0, 0.05) is 23.8 Å². The van der Waals surface area contributed by atoms with E-state index >= 15 is 0 Å². The number of halogens is 1. The van der Waals surface area contributed by atoms with Crippen molar-refractivity contribution in [1.29, 1.82) is 0 Å². The number of hydrogen-bond donors (Lipinski definition) is 1. The molecular formula is C18H16ClN7O2S. The molecule has 3 aromatic heterocycles. The number of carbonyl (C=O) groups excluding carboxylic acids is 1. The van der Waals surface area contributed by atoms with Gasteiger partial charge in [-0.2, -0.15) is 4.98 Å². The molecule has 29 heavy (non-hydrogen) atoms. The number of thiazole rings is 1. The average Bonchev–Trinajstić information content (AvgIpc) is 3.41. The average molecular weight is 430 g/mol. The topological polar surface area (TPSA) is 97.4 Å². The Morgan fingerprint density at radius 1 is 1.28 bits per heavy atom. The number of carbonyl (C=O) groups is 1. The van der Waals surface area contributed by atoms with Crippen LogP contribution in [-0.4, -0.2) is 43.1 Å². The largest absolute Gasteiger partial charge is 0.352 e. The van der Waals surface area contributed by atoms with Crippen molar-refractivity contribution in [2.45, 2.75) is 19.4 Å². The van der Waals surface area contributed by atoms with E-state index in [1.54, 1.807) is 24.3 Å². The van der Waals surface area contributed by atoms with Gasteiger partial charge in [0.2, 0.25) is 5.91 Å². The maximum absolute atomic E-state index is 12.7. The van der Waals surface area contributed by atoms with Gasteiger partial charge in [-0.25, -0.2) is 18.9 Å². The lowest BCUT2D eigenvalue weighted by Crippen LogP contribution is -2.28. The van der Waals surface area contributed by atoms with E-state index in [1.807, 2.05) is 0 Å². The first-order valence-corrected chi connectivity index (χ1v) is 10.3. The molecule has 1 N–H and O–H groups in total. The van der Waals surface area contributed by atoms with E-state index in [0.717, 1.165) is 40.4 Å². The summed E-state index contributed by atoms with van der Waals surface area (Å²) in [6.07, 6.45) is 3.70. The Morgan fingerprint density at radius 2 is 2.10 bits per heavy atom. The molecule has 9 nitrogen and oxygen atoms in total. The molecular weight excluding hydrogens is 414 g/mol. The number of nitrogens with zero attached hydrogens (tertiary/aromatic N) is 6. The van der Waals surface area contributed by atoms with Crippen LogP contribution in [0.5, 0.6) is 0 Å². The summed E-state index contributed by atoms with van der Waals surface area (Å²) < 4.78 is 3.22. The molecule has 1 amide bonds. The molecule has 0 radical (unpaired) electrons. The van der Waals surface area contributed by atoms with Crippen molar-refractivity contribution in [2.24, 2.45) is 0 Å². The molecule has 1 saturated heterocycles. The van der Waals surface area contributed by atoms with Gasteiger partial charge in [0.15, 0.2) is 16.4 Å². The molecule has 1 aromatic carbocycles. The SMILES string of the molecule is O=C(Cn1nc2c3sc(N4CCCC4)nc3ncn2c1=O)Nc1cccc(Cl)c1. The Morgan fingerprint density at radius 3 is 2.90 bits per heavy atom. The van der Waals surface area contributed by atoms with Crippen LogP contribution in [0.1, 0.15) is 12.8 Å². The lowest BCUT2D eigenvalue weighted by Gasteiger charge is -2.11. The van der Waals surface area contributed by atoms with Crippen molar-refractivity contribution >= 4 is 55.7 Å². The quantitative estimate of drug-likeness (QED) is 0.535. The molecule has 11 heteroatoms. The van der Waals surface area contributed by atoms with E-state index in [0.29, 0.717) is 22.0 Å². The molecule has 1 fully saturated rings. The second kappa shape index (κ2) is 7.12. The molecule has 1 aliphatic rings. The molecule has 1 aliphatic heterocycles. The van der Waals surface area contributed by atoms with Gasteiger partial charge >= 0.3 is 5.69 Å². The second-order valence-electron chi connectivity index (χ2n) is 6.78. The number of benzene rings is 1. The molecule has 0 spiro atoms. The molecule has 4 aromatic rings. The summed E-state index contributed by atoms with van der Waals surface area (Å²) in [6.45, 7) is 1.73. The summed E-state index contributed by atoms with van der Waals surface area (Å²) in [4.78, 5) is 36.1. The van der Waals surface area contributed by atoms with Gasteiger partial charge in [0.25, 0.3) is 0 Å². The van der Waals surface area contributed by atoms with Crippen molar-refractivity contribution in [2.75, 3.05) is 23.3 Å².